The molecule has 0 radical (unpaired) electrons. The van der Waals surface area contributed by atoms with E-state index in [4.69, 9.17) is 4.74 Å². The van der Waals surface area contributed by atoms with Crippen LogP contribution in [0.5, 0.6) is 5.75 Å². The standard InChI is InChI=1S/C25H26N2O3/c1-17-10-9-15-23(18(17)2)30-16-24(28)27-22-14-8-7-13-21(22)25(29)26-19(3)20-11-5-4-6-12-20/h4-15,19H,16H2,1-3H3,(H,26,29)(H,27,28)/t19-/m1/s1. The summed E-state index contributed by atoms with van der Waals surface area (Å²) >= 11 is 0. The van der Waals surface area contributed by atoms with Gasteiger partial charge < -0.3 is 15.4 Å². The number of benzene rings is 3. The van der Waals surface area contributed by atoms with Gasteiger partial charge in [-0.3, -0.25) is 9.59 Å². The molecule has 0 aromatic heterocycles. The molecule has 0 aliphatic rings. The third-order valence-corrected chi connectivity index (χ3v) is 5.01. The molecule has 2 amide bonds. The van der Waals surface area contributed by atoms with Crippen molar-refractivity contribution in [2.45, 2.75) is 26.8 Å². The molecular weight excluding hydrogens is 376 g/mol. The molecule has 0 spiro atoms. The van der Waals surface area contributed by atoms with Gasteiger partial charge in [-0.15, -0.1) is 0 Å². The first-order valence-corrected chi connectivity index (χ1v) is 9.89. The Morgan fingerprint density at radius 1 is 0.900 bits per heavy atom. The molecule has 0 aliphatic carbocycles. The zero-order valence-electron chi connectivity index (χ0n) is 17.4. The number of hydrogen-bond donors (Lipinski definition) is 2. The van der Waals surface area contributed by atoms with Gasteiger partial charge in [-0.05, 0) is 55.7 Å². The molecular formula is C25H26N2O3. The fourth-order valence-corrected chi connectivity index (χ4v) is 3.10. The lowest BCUT2D eigenvalue weighted by Gasteiger charge is -2.16. The molecule has 3 aromatic carbocycles. The molecule has 0 unspecified atom stereocenters. The molecule has 2 N–H and O–H groups in total. The number of ether oxygens (including phenoxy) is 1. The third kappa shape index (κ3) is 5.26. The smallest absolute Gasteiger partial charge is 0.262 e. The van der Waals surface area contributed by atoms with Crippen LogP contribution in [0.2, 0.25) is 0 Å². The molecule has 0 bridgehead atoms. The van der Waals surface area contributed by atoms with E-state index in [1.54, 1.807) is 24.3 Å². The van der Waals surface area contributed by atoms with Gasteiger partial charge in [0.05, 0.1) is 17.3 Å². The van der Waals surface area contributed by atoms with Crippen LogP contribution in [0.4, 0.5) is 5.69 Å². The van der Waals surface area contributed by atoms with Gasteiger partial charge in [0.1, 0.15) is 5.75 Å². The lowest BCUT2D eigenvalue weighted by atomic mass is 10.1. The molecule has 0 saturated heterocycles. The molecule has 0 saturated carbocycles. The number of para-hydroxylation sites is 1. The highest BCUT2D eigenvalue weighted by molar-refractivity contribution is 6.04. The highest BCUT2D eigenvalue weighted by Crippen LogP contribution is 2.21. The summed E-state index contributed by atoms with van der Waals surface area (Å²) in [4.78, 5) is 25.2. The number of carbonyl (C=O) groups excluding carboxylic acids is 2. The van der Waals surface area contributed by atoms with E-state index in [2.05, 4.69) is 10.6 Å². The van der Waals surface area contributed by atoms with E-state index in [0.717, 1.165) is 16.7 Å². The van der Waals surface area contributed by atoms with Crippen molar-refractivity contribution >= 4 is 17.5 Å². The van der Waals surface area contributed by atoms with Crippen LogP contribution in [0.25, 0.3) is 0 Å². The lowest BCUT2D eigenvalue weighted by Crippen LogP contribution is -2.28. The SMILES string of the molecule is Cc1cccc(OCC(=O)Nc2ccccc2C(=O)N[C@H](C)c2ccccc2)c1C. The highest BCUT2D eigenvalue weighted by Gasteiger charge is 2.16. The molecule has 0 aliphatic heterocycles. The molecule has 3 rings (SSSR count). The minimum Gasteiger partial charge on any atom is -0.483 e. The summed E-state index contributed by atoms with van der Waals surface area (Å²) in [6.45, 7) is 5.73. The van der Waals surface area contributed by atoms with Crippen molar-refractivity contribution in [1.82, 2.24) is 5.32 Å². The molecule has 5 heteroatoms. The second kappa shape index (κ2) is 9.74. The number of rotatable bonds is 7. The Balaban J connectivity index is 1.65. The van der Waals surface area contributed by atoms with Gasteiger partial charge in [0.15, 0.2) is 6.61 Å². The van der Waals surface area contributed by atoms with Gasteiger partial charge in [-0.1, -0.05) is 54.6 Å². The Labute approximate surface area is 177 Å². The van der Waals surface area contributed by atoms with Crippen molar-refractivity contribution in [3.05, 3.63) is 95.1 Å². The molecule has 30 heavy (non-hydrogen) atoms. The number of hydrogen-bond acceptors (Lipinski definition) is 3. The van der Waals surface area contributed by atoms with Crippen molar-refractivity contribution in [2.75, 3.05) is 11.9 Å². The number of anilines is 1. The van der Waals surface area contributed by atoms with Crippen LogP contribution in [0.1, 0.15) is 40.0 Å². The summed E-state index contributed by atoms with van der Waals surface area (Å²) in [7, 11) is 0. The van der Waals surface area contributed by atoms with Crippen LogP contribution in [-0.4, -0.2) is 18.4 Å². The van der Waals surface area contributed by atoms with Crippen LogP contribution >= 0.6 is 0 Å². The molecule has 0 fully saturated rings. The Morgan fingerprint density at radius 2 is 1.60 bits per heavy atom. The van der Waals surface area contributed by atoms with Crippen LogP contribution in [-0.2, 0) is 4.79 Å². The minimum atomic E-state index is -0.327. The summed E-state index contributed by atoms with van der Waals surface area (Å²) in [6.07, 6.45) is 0. The van der Waals surface area contributed by atoms with Crippen LogP contribution in [0.15, 0.2) is 72.8 Å². The van der Waals surface area contributed by atoms with Gasteiger partial charge in [-0.2, -0.15) is 0 Å². The lowest BCUT2D eigenvalue weighted by molar-refractivity contribution is -0.118. The van der Waals surface area contributed by atoms with Crippen molar-refractivity contribution in [1.29, 1.82) is 0 Å². The quantitative estimate of drug-likeness (QED) is 0.596. The van der Waals surface area contributed by atoms with Gasteiger partial charge >= 0.3 is 0 Å². The second-order valence-corrected chi connectivity index (χ2v) is 7.19. The summed E-state index contributed by atoms with van der Waals surface area (Å²) in [6, 6.07) is 22.2. The van der Waals surface area contributed by atoms with Crippen molar-refractivity contribution < 1.29 is 14.3 Å². The summed E-state index contributed by atoms with van der Waals surface area (Å²) in [5.74, 6) is 0.0952. The molecule has 5 nitrogen and oxygen atoms in total. The van der Waals surface area contributed by atoms with Gasteiger partial charge in [-0.25, -0.2) is 0 Å². The van der Waals surface area contributed by atoms with Crippen LogP contribution in [0, 0.1) is 13.8 Å². The topological polar surface area (TPSA) is 67.4 Å². The van der Waals surface area contributed by atoms with Gasteiger partial charge in [0.2, 0.25) is 0 Å². The fraction of sp³-hybridized carbons (Fsp3) is 0.200. The van der Waals surface area contributed by atoms with E-state index in [1.807, 2.05) is 69.3 Å². The van der Waals surface area contributed by atoms with Crippen LogP contribution in [0.3, 0.4) is 0 Å². The van der Waals surface area contributed by atoms with E-state index in [0.29, 0.717) is 17.0 Å². The Morgan fingerprint density at radius 3 is 2.37 bits per heavy atom. The maximum absolute atomic E-state index is 12.8. The number of aryl methyl sites for hydroxylation is 1. The number of carbonyl (C=O) groups is 2. The third-order valence-electron chi connectivity index (χ3n) is 5.01. The largest absolute Gasteiger partial charge is 0.483 e. The van der Waals surface area contributed by atoms with Gasteiger partial charge in [0.25, 0.3) is 11.8 Å². The average Bonchev–Trinajstić information content (AvgIpc) is 2.75. The van der Waals surface area contributed by atoms with E-state index >= 15 is 0 Å². The Hall–Kier alpha value is -3.60. The molecule has 154 valence electrons. The van der Waals surface area contributed by atoms with Crippen molar-refractivity contribution in [3.8, 4) is 5.75 Å². The fourth-order valence-electron chi connectivity index (χ4n) is 3.10. The van der Waals surface area contributed by atoms with Crippen LogP contribution < -0.4 is 15.4 Å². The first kappa shape index (κ1) is 21.1. The normalized spacial score (nSPS) is 11.4. The zero-order valence-corrected chi connectivity index (χ0v) is 17.4. The Kier molecular flexibility index (Phi) is 6.86. The van der Waals surface area contributed by atoms with Crippen molar-refractivity contribution in [2.24, 2.45) is 0 Å². The monoisotopic (exact) mass is 402 g/mol. The second-order valence-electron chi connectivity index (χ2n) is 7.19. The number of nitrogens with one attached hydrogen (secondary N) is 2. The highest BCUT2D eigenvalue weighted by atomic mass is 16.5. The first-order chi connectivity index (χ1) is 14.5. The molecule has 3 aromatic rings. The zero-order chi connectivity index (χ0) is 21.5. The van der Waals surface area contributed by atoms with E-state index in [1.165, 1.54) is 0 Å². The summed E-state index contributed by atoms with van der Waals surface area (Å²) < 4.78 is 5.66. The maximum Gasteiger partial charge on any atom is 0.262 e. The predicted molar refractivity (Wildman–Crippen MR) is 119 cm³/mol. The summed E-state index contributed by atoms with van der Waals surface area (Å²) in [5.41, 5.74) is 3.96. The van der Waals surface area contributed by atoms with E-state index < -0.39 is 0 Å². The number of amides is 2. The molecule has 0 heterocycles. The van der Waals surface area contributed by atoms with Crippen molar-refractivity contribution in [3.63, 3.8) is 0 Å². The predicted octanol–water partition coefficient (Wildman–Crippen LogP) is 4.81. The van der Waals surface area contributed by atoms with E-state index in [-0.39, 0.29) is 24.5 Å². The maximum atomic E-state index is 12.8. The Bertz CT molecular complexity index is 1030. The first-order valence-electron chi connectivity index (χ1n) is 9.89. The summed E-state index contributed by atoms with van der Waals surface area (Å²) in [5, 5.41) is 5.76. The molecule has 1 atom stereocenters. The average molecular weight is 402 g/mol. The minimum absolute atomic E-state index is 0.138. The van der Waals surface area contributed by atoms with E-state index in [9.17, 15) is 9.59 Å². The van der Waals surface area contributed by atoms with Gasteiger partial charge in [0, 0.05) is 0 Å².